The molecule has 1 N–H and O–H groups in total. The molecule has 2 aliphatic heterocycles. The zero-order chi connectivity index (χ0) is 19.3. The molecule has 2 saturated heterocycles. The highest BCUT2D eigenvalue weighted by Crippen LogP contribution is 2.46. The SMILES string of the molecule is CC1(C)Cc2cc(C(=O)N3CCC(N4CCNCC4)C3)sc2-c2ccccc21. The number of hydrogen-bond acceptors (Lipinski definition) is 4. The number of carbonyl (C=O) groups excluding carboxylic acids is 1. The van der Waals surface area contributed by atoms with Crippen molar-refractivity contribution in [1.82, 2.24) is 15.1 Å². The minimum absolute atomic E-state index is 0.117. The Morgan fingerprint density at radius 3 is 2.79 bits per heavy atom. The van der Waals surface area contributed by atoms with E-state index >= 15 is 0 Å². The van der Waals surface area contributed by atoms with Crippen LogP contribution in [0.2, 0.25) is 0 Å². The van der Waals surface area contributed by atoms with Crippen LogP contribution in [0.3, 0.4) is 0 Å². The van der Waals surface area contributed by atoms with Crippen LogP contribution in [0.25, 0.3) is 10.4 Å². The van der Waals surface area contributed by atoms with Crippen molar-refractivity contribution in [3.8, 4) is 10.4 Å². The van der Waals surface area contributed by atoms with E-state index in [4.69, 9.17) is 0 Å². The second kappa shape index (κ2) is 6.97. The number of rotatable bonds is 2. The lowest BCUT2D eigenvalue weighted by atomic mass is 9.73. The van der Waals surface area contributed by atoms with Crippen LogP contribution in [0, 0.1) is 0 Å². The predicted octanol–water partition coefficient (Wildman–Crippen LogP) is 3.37. The molecule has 1 amide bonds. The molecule has 28 heavy (non-hydrogen) atoms. The van der Waals surface area contributed by atoms with Crippen molar-refractivity contribution in [3.63, 3.8) is 0 Å². The number of amides is 1. The van der Waals surface area contributed by atoms with Crippen molar-refractivity contribution in [2.24, 2.45) is 0 Å². The zero-order valence-electron chi connectivity index (χ0n) is 16.8. The first-order valence-corrected chi connectivity index (χ1v) is 11.3. The lowest BCUT2D eigenvalue weighted by Gasteiger charge is -2.32. The molecule has 1 atom stereocenters. The van der Waals surface area contributed by atoms with Crippen LogP contribution in [0.4, 0.5) is 0 Å². The van der Waals surface area contributed by atoms with Gasteiger partial charge in [-0.1, -0.05) is 38.1 Å². The van der Waals surface area contributed by atoms with E-state index in [1.165, 1.54) is 21.6 Å². The first-order chi connectivity index (χ1) is 13.5. The molecule has 2 fully saturated rings. The van der Waals surface area contributed by atoms with Crippen LogP contribution in [-0.2, 0) is 11.8 Å². The molecule has 3 heterocycles. The highest BCUT2D eigenvalue weighted by Gasteiger charge is 2.35. The molecule has 3 aliphatic rings. The van der Waals surface area contributed by atoms with E-state index < -0.39 is 0 Å². The number of nitrogens with zero attached hydrogens (tertiary/aromatic N) is 2. The number of likely N-dealkylation sites (tertiary alicyclic amines) is 1. The van der Waals surface area contributed by atoms with E-state index in [-0.39, 0.29) is 11.3 Å². The zero-order valence-corrected chi connectivity index (χ0v) is 17.6. The third kappa shape index (κ3) is 3.10. The third-order valence-corrected chi connectivity index (χ3v) is 7.87. The lowest BCUT2D eigenvalue weighted by molar-refractivity contribution is 0.0778. The average molecular weight is 396 g/mol. The molecule has 0 spiro atoms. The quantitative estimate of drug-likeness (QED) is 0.847. The van der Waals surface area contributed by atoms with Crippen molar-refractivity contribution in [1.29, 1.82) is 0 Å². The van der Waals surface area contributed by atoms with Gasteiger partial charge in [-0.3, -0.25) is 9.69 Å². The highest BCUT2D eigenvalue weighted by molar-refractivity contribution is 7.17. The monoisotopic (exact) mass is 395 g/mol. The van der Waals surface area contributed by atoms with Crippen LogP contribution >= 0.6 is 11.3 Å². The van der Waals surface area contributed by atoms with Gasteiger partial charge in [0.1, 0.15) is 0 Å². The summed E-state index contributed by atoms with van der Waals surface area (Å²) in [7, 11) is 0. The molecular weight excluding hydrogens is 366 g/mol. The maximum absolute atomic E-state index is 13.3. The summed E-state index contributed by atoms with van der Waals surface area (Å²) in [6.07, 6.45) is 2.11. The predicted molar refractivity (Wildman–Crippen MR) is 115 cm³/mol. The maximum Gasteiger partial charge on any atom is 0.264 e. The van der Waals surface area contributed by atoms with E-state index in [0.717, 1.165) is 57.0 Å². The fourth-order valence-electron chi connectivity index (χ4n) is 5.16. The third-order valence-electron chi connectivity index (χ3n) is 6.67. The molecular formula is C23H29N3OS. The summed E-state index contributed by atoms with van der Waals surface area (Å²) in [6.45, 7) is 10.7. The van der Waals surface area contributed by atoms with Gasteiger partial charge in [-0.15, -0.1) is 11.3 Å². The average Bonchev–Trinajstić information content (AvgIpc) is 3.35. The first-order valence-electron chi connectivity index (χ1n) is 10.5. The van der Waals surface area contributed by atoms with E-state index in [1.807, 2.05) is 0 Å². The number of hydrogen-bond donors (Lipinski definition) is 1. The standard InChI is InChI=1S/C23H29N3OS/c1-23(2)14-16-13-20(28-21(16)18-5-3-4-6-19(18)23)22(27)26-10-7-17(15-26)25-11-8-24-9-12-25/h3-6,13,17,24H,7-12,14-15H2,1-2H3. The van der Waals surface area contributed by atoms with Gasteiger partial charge in [-0.25, -0.2) is 0 Å². The molecule has 1 aromatic carbocycles. The summed E-state index contributed by atoms with van der Waals surface area (Å²) in [5.41, 5.74) is 4.18. The van der Waals surface area contributed by atoms with Crippen LogP contribution in [0.5, 0.6) is 0 Å². The van der Waals surface area contributed by atoms with Gasteiger partial charge in [-0.05, 0) is 41.0 Å². The van der Waals surface area contributed by atoms with E-state index in [2.05, 4.69) is 59.3 Å². The maximum atomic E-state index is 13.3. The molecule has 1 unspecified atom stereocenters. The van der Waals surface area contributed by atoms with Crippen molar-refractivity contribution in [3.05, 3.63) is 46.3 Å². The van der Waals surface area contributed by atoms with Crippen LogP contribution < -0.4 is 5.32 Å². The fraction of sp³-hybridized carbons (Fsp3) is 0.522. The van der Waals surface area contributed by atoms with Crippen molar-refractivity contribution in [2.75, 3.05) is 39.3 Å². The fourth-order valence-corrected chi connectivity index (χ4v) is 6.35. The van der Waals surface area contributed by atoms with Gasteiger partial charge in [0.25, 0.3) is 5.91 Å². The van der Waals surface area contributed by atoms with Gasteiger partial charge in [0.05, 0.1) is 4.88 Å². The van der Waals surface area contributed by atoms with Gasteiger partial charge in [0.2, 0.25) is 0 Å². The second-order valence-corrected chi connectivity index (χ2v) is 10.1. The molecule has 0 bridgehead atoms. The Kier molecular flexibility index (Phi) is 4.57. The summed E-state index contributed by atoms with van der Waals surface area (Å²) in [4.78, 5) is 20.1. The Morgan fingerprint density at radius 1 is 1.18 bits per heavy atom. The Hall–Kier alpha value is -1.69. The normalized spacial score (nSPS) is 24.1. The molecule has 1 aliphatic carbocycles. The van der Waals surface area contributed by atoms with Crippen LogP contribution in [0.1, 0.15) is 41.1 Å². The van der Waals surface area contributed by atoms with E-state index in [1.54, 1.807) is 11.3 Å². The highest BCUT2D eigenvalue weighted by atomic mass is 32.1. The summed E-state index contributed by atoms with van der Waals surface area (Å²) in [6, 6.07) is 11.4. The number of fused-ring (bicyclic) bond motifs is 3. The van der Waals surface area contributed by atoms with E-state index in [9.17, 15) is 4.79 Å². The van der Waals surface area contributed by atoms with Gasteiger partial charge in [-0.2, -0.15) is 0 Å². The minimum Gasteiger partial charge on any atom is -0.336 e. The first kappa shape index (κ1) is 18.3. The Bertz CT molecular complexity index is 897. The topological polar surface area (TPSA) is 35.6 Å². The van der Waals surface area contributed by atoms with E-state index in [0.29, 0.717) is 6.04 Å². The summed E-state index contributed by atoms with van der Waals surface area (Å²) in [5, 5.41) is 3.42. The number of carbonyl (C=O) groups is 1. The number of piperazine rings is 1. The number of nitrogens with one attached hydrogen (secondary N) is 1. The Balaban J connectivity index is 1.38. The molecule has 5 rings (SSSR count). The second-order valence-electron chi connectivity index (χ2n) is 9.05. The molecule has 2 aromatic rings. The van der Waals surface area contributed by atoms with Gasteiger partial charge < -0.3 is 10.2 Å². The van der Waals surface area contributed by atoms with Gasteiger partial charge in [0.15, 0.2) is 0 Å². The molecule has 148 valence electrons. The largest absolute Gasteiger partial charge is 0.336 e. The minimum atomic E-state index is 0.117. The smallest absolute Gasteiger partial charge is 0.264 e. The van der Waals surface area contributed by atoms with Crippen molar-refractivity contribution >= 4 is 17.2 Å². The molecule has 1 aromatic heterocycles. The Labute approximate surface area is 171 Å². The summed E-state index contributed by atoms with van der Waals surface area (Å²) in [5.74, 6) is 0.229. The van der Waals surface area contributed by atoms with Crippen molar-refractivity contribution in [2.45, 2.75) is 38.1 Å². The van der Waals surface area contributed by atoms with Gasteiger partial charge in [0, 0.05) is 50.2 Å². The van der Waals surface area contributed by atoms with Crippen LogP contribution in [-0.4, -0.2) is 61.0 Å². The van der Waals surface area contributed by atoms with Gasteiger partial charge >= 0.3 is 0 Å². The summed E-state index contributed by atoms with van der Waals surface area (Å²) >= 11 is 1.70. The molecule has 0 saturated carbocycles. The molecule has 0 radical (unpaired) electrons. The van der Waals surface area contributed by atoms with Crippen molar-refractivity contribution < 1.29 is 4.79 Å². The number of thiophene rings is 1. The lowest BCUT2D eigenvalue weighted by Crippen LogP contribution is -2.49. The molecule has 5 heteroatoms. The number of benzene rings is 1. The van der Waals surface area contributed by atoms with Crippen LogP contribution in [0.15, 0.2) is 30.3 Å². The summed E-state index contributed by atoms with van der Waals surface area (Å²) < 4.78 is 0. The Morgan fingerprint density at radius 2 is 1.96 bits per heavy atom. The molecule has 4 nitrogen and oxygen atoms in total.